The third-order valence-electron chi connectivity index (χ3n) is 3.24. The van der Waals surface area contributed by atoms with Gasteiger partial charge >= 0.3 is 0 Å². The zero-order valence-electron chi connectivity index (χ0n) is 11.1. The van der Waals surface area contributed by atoms with Crippen LogP contribution in [-0.2, 0) is 13.0 Å². The van der Waals surface area contributed by atoms with E-state index in [4.69, 9.17) is 0 Å². The Bertz CT molecular complexity index is 603. The van der Waals surface area contributed by atoms with E-state index in [1.807, 2.05) is 25.1 Å². The number of benzene rings is 2. The summed E-state index contributed by atoms with van der Waals surface area (Å²) in [7, 11) is 0. The van der Waals surface area contributed by atoms with Crippen LogP contribution >= 0.6 is 0 Å². The molecule has 2 rings (SSSR count). The monoisotopic (exact) mass is 258 g/mol. The van der Waals surface area contributed by atoms with Crippen LogP contribution in [0.15, 0.2) is 30.3 Å². The molecule has 0 fully saturated rings. The first kappa shape index (κ1) is 13.4. The number of aryl methyl sites for hydroxylation is 2. The Kier molecular flexibility index (Phi) is 3.76. The molecule has 0 aromatic heterocycles. The molecular formula is C16H18O3. The van der Waals surface area contributed by atoms with Crippen LogP contribution in [0, 0.1) is 13.8 Å². The number of phenols is 2. The Hall–Kier alpha value is -2.00. The zero-order valence-corrected chi connectivity index (χ0v) is 11.1. The van der Waals surface area contributed by atoms with Crippen molar-refractivity contribution in [3.05, 3.63) is 58.1 Å². The van der Waals surface area contributed by atoms with E-state index >= 15 is 0 Å². The van der Waals surface area contributed by atoms with Crippen LogP contribution in [0.2, 0.25) is 0 Å². The van der Waals surface area contributed by atoms with E-state index < -0.39 is 0 Å². The Morgan fingerprint density at radius 3 is 2.37 bits per heavy atom. The summed E-state index contributed by atoms with van der Waals surface area (Å²) in [5, 5.41) is 28.8. The summed E-state index contributed by atoms with van der Waals surface area (Å²) in [4.78, 5) is 0. The second-order valence-electron chi connectivity index (χ2n) is 4.89. The highest BCUT2D eigenvalue weighted by molar-refractivity contribution is 5.46. The van der Waals surface area contributed by atoms with E-state index in [1.165, 1.54) is 0 Å². The van der Waals surface area contributed by atoms with Gasteiger partial charge in [0, 0.05) is 12.0 Å². The maximum absolute atomic E-state index is 9.85. The Morgan fingerprint density at radius 2 is 1.68 bits per heavy atom. The summed E-state index contributed by atoms with van der Waals surface area (Å²) in [6, 6.07) is 9.13. The lowest BCUT2D eigenvalue weighted by Gasteiger charge is -2.10. The lowest BCUT2D eigenvalue weighted by Crippen LogP contribution is -1.95. The second-order valence-corrected chi connectivity index (χ2v) is 4.89. The lowest BCUT2D eigenvalue weighted by atomic mass is 9.98. The molecular weight excluding hydrogens is 240 g/mol. The van der Waals surface area contributed by atoms with Gasteiger partial charge in [-0.05, 0) is 42.7 Å². The molecule has 0 unspecified atom stereocenters. The fourth-order valence-electron chi connectivity index (χ4n) is 2.23. The highest BCUT2D eigenvalue weighted by Crippen LogP contribution is 2.27. The maximum Gasteiger partial charge on any atom is 0.124 e. The van der Waals surface area contributed by atoms with Crippen molar-refractivity contribution in [2.24, 2.45) is 0 Å². The van der Waals surface area contributed by atoms with Crippen LogP contribution in [0.1, 0.15) is 27.8 Å². The normalized spacial score (nSPS) is 10.7. The van der Waals surface area contributed by atoms with Crippen molar-refractivity contribution >= 4 is 0 Å². The molecule has 2 aromatic rings. The van der Waals surface area contributed by atoms with Crippen molar-refractivity contribution in [1.82, 2.24) is 0 Å². The molecule has 3 nitrogen and oxygen atoms in total. The van der Waals surface area contributed by atoms with Gasteiger partial charge in [0.15, 0.2) is 0 Å². The van der Waals surface area contributed by atoms with Crippen molar-refractivity contribution < 1.29 is 15.3 Å². The molecule has 3 heteroatoms. The van der Waals surface area contributed by atoms with Crippen molar-refractivity contribution in [2.45, 2.75) is 26.9 Å². The minimum Gasteiger partial charge on any atom is -0.508 e. The Labute approximate surface area is 112 Å². The lowest BCUT2D eigenvalue weighted by molar-refractivity contribution is 0.275. The van der Waals surface area contributed by atoms with Gasteiger partial charge in [-0.15, -0.1) is 0 Å². The van der Waals surface area contributed by atoms with Gasteiger partial charge < -0.3 is 15.3 Å². The van der Waals surface area contributed by atoms with Gasteiger partial charge in [-0.3, -0.25) is 0 Å². The molecule has 0 saturated carbocycles. The molecule has 0 aliphatic rings. The third-order valence-corrected chi connectivity index (χ3v) is 3.24. The number of hydrogen-bond acceptors (Lipinski definition) is 3. The van der Waals surface area contributed by atoms with Gasteiger partial charge in [-0.25, -0.2) is 0 Å². The largest absolute Gasteiger partial charge is 0.508 e. The van der Waals surface area contributed by atoms with Crippen LogP contribution < -0.4 is 0 Å². The quantitative estimate of drug-likeness (QED) is 0.793. The second kappa shape index (κ2) is 5.33. The van der Waals surface area contributed by atoms with Crippen molar-refractivity contribution in [2.75, 3.05) is 0 Å². The molecule has 0 saturated heterocycles. The molecule has 0 heterocycles. The van der Waals surface area contributed by atoms with Gasteiger partial charge in [0.2, 0.25) is 0 Å². The number of aliphatic hydroxyl groups excluding tert-OH is 1. The first-order valence-electron chi connectivity index (χ1n) is 6.22. The van der Waals surface area contributed by atoms with Gasteiger partial charge in [0.25, 0.3) is 0 Å². The predicted molar refractivity (Wildman–Crippen MR) is 74.4 cm³/mol. The van der Waals surface area contributed by atoms with Gasteiger partial charge in [0.05, 0.1) is 6.61 Å². The summed E-state index contributed by atoms with van der Waals surface area (Å²) in [5.41, 5.74) is 4.13. The summed E-state index contributed by atoms with van der Waals surface area (Å²) in [6.07, 6.45) is 0.571. The van der Waals surface area contributed by atoms with Crippen LogP contribution in [0.3, 0.4) is 0 Å². The summed E-state index contributed by atoms with van der Waals surface area (Å²) >= 11 is 0. The molecule has 100 valence electrons. The molecule has 0 radical (unpaired) electrons. The number of rotatable bonds is 3. The van der Waals surface area contributed by atoms with E-state index in [0.29, 0.717) is 12.0 Å². The first-order chi connectivity index (χ1) is 9.01. The highest BCUT2D eigenvalue weighted by atomic mass is 16.3. The van der Waals surface area contributed by atoms with Gasteiger partial charge in [0.1, 0.15) is 11.5 Å². The third kappa shape index (κ3) is 2.88. The van der Waals surface area contributed by atoms with E-state index in [0.717, 1.165) is 22.3 Å². The summed E-state index contributed by atoms with van der Waals surface area (Å²) in [6.45, 7) is 3.58. The molecule has 0 spiro atoms. The molecule has 0 aliphatic heterocycles. The van der Waals surface area contributed by atoms with E-state index in [-0.39, 0.29) is 18.1 Å². The first-order valence-corrected chi connectivity index (χ1v) is 6.22. The SMILES string of the molecule is Cc1ccc(O)c(Cc2cc(C)c(O)c(CO)c2)c1. The van der Waals surface area contributed by atoms with E-state index in [9.17, 15) is 15.3 Å². The van der Waals surface area contributed by atoms with Crippen LogP contribution in [0.5, 0.6) is 11.5 Å². The molecule has 0 amide bonds. The number of phenolic OH excluding ortho intramolecular Hbond substituents is 1. The topological polar surface area (TPSA) is 60.7 Å². The minimum absolute atomic E-state index is 0.139. The number of hydrogen-bond donors (Lipinski definition) is 3. The van der Waals surface area contributed by atoms with Gasteiger partial charge in [-0.1, -0.05) is 23.8 Å². The van der Waals surface area contributed by atoms with E-state index in [1.54, 1.807) is 19.1 Å². The zero-order chi connectivity index (χ0) is 14.0. The van der Waals surface area contributed by atoms with Crippen molar-refractivity contribution in [3.8, 4) is 11.5 Å². The Balaban J connectivity index is 2.38. The Morgan fingerprint density at radius 1 is 0.947 bits per heavy atom. The minimum atomic E-state index is -0.194. The van der Waals surface area contributed by atoms with Crippen molar-refractivity contribution in [1.29, 1.82) is 0 Å². The average Bonchev–Trinajstić information content (AvgIpc) is 2.38. The van der Waals surface area contributed by atoms with Crippen LogP contribution in [0.4, 0.5) is 0 Å². The molecule has 0 atom stereocenters. The fraction of sp³-hybridized carbons (Fsp3) is 0.250. The standard InChI is InChI=1S/C16H18O3/c1-10-3-4-15(18)13(5-10)7-12-6-11(2)16(19)14(8-12)9-17/h3-6,8,17-19H,7,9H2,1-2H3. The molecule has 0 aliphatic carbocycles. The smallest absolute Gasteiger partial charge is 0.124 e. The average molecular weight is 258 g/mol. The van der Waals surface area contributed by atoms with Crippen LogP contribution in [0.25, 0.3) is 0 Å². The molecule has 0 bridgehead atoms. The predicted octanol–water partition coefficient (Wildman–Crippen LogP) is 2.80. The molecule has 3 N–H and O–H groups in total. The number of aromatic hydroxyl groups is 2. The number of aliphatic hydroxyl groups is 1. The summed E-state index contributed by atoms with van der Waals surface area (Å²) in [5.74, 6) is 0.404. The summed E-state index contributed by atoms with van der Waals surface area (Å²) < 4.78 is 0. The highest BCUT2D eigenvalue weighted by Gasteiger charge is 2.09. The van der Waals surface area contributed by atoms with E-state index in [2.05, 4.69) is 0 Å². The van der Waals surface area contributed by atoms with Crippen molar-refractivity contribution in [3.63, 3.8) is 0 Å². The fourth-order valence-corrected chi connectivity index (χ4v) is 2.23. The maximum atomic E-state index is 9.85. The van der Waals surface area contributed by atoms with Gasteiger partial charge in [-0.2, -0.15) is 0 Å². The molecule has 2 aromatic carbocycles. The van der Waals surface area contributed by atoms with Crippen LogP contribution in [-0.4, -0.2) is 15.3 Å². The molecule has 19 heavy (non-hydrogen) atoms.